The average Bonchev–Trinajstić information content (AvgIpc) is 3.10. The number of halogens is 3. The number of anilines is 1. The molecule has 0 saturated heterocycles. The Balaban J connectivity index is 1.64. The molecule has 0 aliphatic carbocycles. The van der Waals surface area contributed by atoms with Crippen molar-refractivity contribution in [1.82, 2.24) is 5.16 Å². The summed E-state index contributed by atoms with van der Waals surface area (Å²) in [6, 6.07) is 13.0. The van der Waals surface area contributed by atoms with Gasteiger partial charge >= 0.3 is 6.18 Å². The molecule has 27 heavy (non-hydrogen) atoms. The molecule has 8 heteroatoms. The molecule has 5 nitrogen and oxygen atoms in total. The molecule has 0 bridgehead atoms. The number of nitrogens with zero attached hydrogens (tertiary/aromatic N) is 1. The van der Waals surface area contributed by atoms with Gasteiger partial charge in [-0.3, -0.25) is 4.79 Å². The van der Waals surface area contributed by atoms with Gasteiger partial charge < -0.3 is 14.6 Å². The fourth-order valence-corrected chi connectivity index (χ4v) is 2.42. The van der Waals surface area contributed by atoms with Gasteiger partial charge in [0.25, 0.3) is 0 Å². The number of benzene rings is 2. The third kappa shape index (κ3) is 4.66. The quantitative estimate of drug-likeness (QED) is 0.710. The van der Waals surface area contributed by atoms with E-state index in [9.17, 15) is 18.0 Å². The second-order valence-electron chi connectivity index (χ2n) is 5.71. The van der Waals surface area contributed by atoms with Crippen LogP contribution >= 0.6 is 0 Å². The van der Waals surface area contributed by atoms with E-state index in [4.69, 9.17) is 9.26 Å². The van der Waals surface area contributed by atoms with Crippen LogP contribution in [-0.4, -0.2) is 18.2 Å². The van der Waals surface area contributed by atoms with E-state index in [1.807, 2.05) is 6.07 Å². The lowest BCUT2D eigenvalue weighted by Crippen LogP contribution is -2.14. The molecule has 0 saturated carbocycles. The second-order valence-corrected chi connectivity index (χ2v) is 5.71. The topological polar surface area (TPSA) is 64.4 Å². The number of hydrogen-bond acceptors (Lipinski definition) is 4. The second kappa shape index (κ2) is 7.53. The van der Waals surface area contributed by atoms with Crippen molar-refractivity contribution < 1.29 is 27.2 Å². The van der Waals surface area contributed by atoms with Gasteiger partial charge in [0.15, 0.2) is 5.76 Å². The Bertz CT molecular complexity index is 934. The van der Waals surface area contributed by atoms with Crippen molar-refractivity contribution in [3.63, 3.8) is 0 Å². The highest BCUT2D eigenvalue weighted by Crippen LogP contribution is 2.30. The van der Waals surface area contributed by atoms with Gasteiger partial charge in [0.1, 0.15) is 5.75 Å². The van der Waals surface area contributed by atoms with Crippen molar-refractivity contribution in [2.24, 2.45) is 0 Å². The fourth-order valence-electron chi connectivity index (χ4n) is 2.42. The number of alkyl halides is 3. The highest BCUT2D eigenvalue weighted by molar-refractivity contribution is 5.92. The number of ether oxygens (including phenoxy) is 1. The van der Waals surface area contributed by atoms with E-state index in [1.54, 1.807) is 31.4 Å². The summed E-state index contributed by atoms with van der Waals surface area (Å²) in [4.78, 5) is 12.1. The highest BCUT2D eigenvalue weighted by atomic mass is 19.4. The van der Waals surface area contributed by atoms with Crippen LogP contribution < -0.4 is 10.1 Å². The Morgan fingerprint density at radius 2 is 1.89 bits per heavy atom. The molecule has 0 unspecified atom stereocenters. The molecule has 140 valence electrons. The first kappa shape index (κ1) is 18.5. The van der Waals surface area contributed by atoms with Crippen LogP contribution in [0, 0.1) is 0 Å². The zero-order valence-corrected chi connectivity index (χ0v) is 14.2. The van der Waals surface area contributed by atoms with E-state index in [-0.39, 0.29) is 12.1 Å². The summed E-state index contributed by atoms with van der Waals surface area (Å²) in [5, 5.41) is 6.38. The fraction of sp³-hybridized carbons (Fsp3) is 0.158. The molecule has 0 atom stereocenters. The van der Waals surface area contributed by atoms with Crippen LogP contribution in [0.3, 0.4) is 0 Å². The summed E-state index contributed by atoms with van der Waals surface area (Å²) >= 11 is 0. The first-order chi connectivity index (χ1) is 12.8. The largest absolute Gasteiger partial charge is 0.497 e. The monoisotopic (exact) mass is 376 g/mol. The summed E-state index contributed by atoms with van der Waals surface area (Å²) in [5.41, 5.74) is 0.637. The van der Waals surface area contributed by atoms with E-state index >= 15 is 0 Å². The van der Waals surface area contributed by atoms with Crippen molar-refractivity contribution in [1.29, 1.82) is 0 Å². The molecular formula is C19H15F3N2O3. The SMILES string of the molecule is COc1cccc(-c2cc(CC(=O)Nc3ccc(C(F)(F)F)cc3)no2)c1. The first-order valence-corrected chi connectivity index (χ1v) is 7.92. The summed E-state index contributed by atoms with van der Waals surface area (Å²) in [7, 11) is 1.55. The minimum atomic E-state index is -4.42. The minimum Gasteiger partial charge on any atom is -0.497 e. The standard InChI is InChI=1S/C19H15F3N2O3/c1-26-16-4-2-3-12(9-16)17-10-15(24-27-17)11-18(25)23-14-7-5-13(6-8-14)19(20,21)22/h2-10H,11H2,1H3,(H,23,25). The van der Waals surface area contributed by atoms with Crippen LogP contribution in [0.4, 0.5) is 18.9 Å². The van der Waals surface area contributed by atoms with Crippen LogP contribution in [-0.2, 0) is 17.4 Å². The third-order valence-electron chi connectivity index (χ3n) is 3.75. The summed E-state index contributed by atoms with van der Waals surface area (Å²) in [6.45, 7) is 0. The Hall–Kier alpha value is -3.29. The highest BCUT2D eigenvalue weighted by Gasteiger charge is 2.30. The molecule has 0 fully saturated rings. The molecule has 1 heterocycles. The number of nitrogens with one attached hydrogen (secondary N) is 1. The van der Waals surface area contributed by atoms with Gasteiger partial charge in [0.05, 0.1) is 24.8 Å². The van der Waals surface area contributed by atoms with Crippen molar-refractivity contribution >= 4 is 11.6 Å². The summed E-state index contributed by atoms with van der Waals surface area (Å²) in [5.74, 6) is 0.719. The maximum atomic E-state index is 12.5. The predicted octanol–water partition coefficient (Wildman–Crippen LogP) is 4.55. The smallest absolute Gasteiger partial charge is 0.416 e. The van der Waals surface area contributed by atoms with Gasteiger partial charge in [0, 0.05) is 17.3 Å². The van der Waals surface area contributed by atoms with Crippen molar-refractivity contribution in [2.45, 2.75) is 12.6 Å². The van der Waals surface area contributed by atoms with Crippen molar-refractivity contribution in [3.05, 3.63) is 65.9 Å². The van der Waals surface area contributed by atoms with E-state index in [0.29, 0.717) is 17.2 Å². The Kier molecular flexibility index (Phi) is 5.16. The number of rotatable bonds is 5. The molecule has 3 aromatic rings. The van der Waals surface area contributed by atoms with Gasteiger partial charge in [0.2, 0.25) is 5.91 Å². The Labute approximate surface area is 152 Å². The number of aromatic nitrogens is 1. The van der Waals surface area contributed by atoms with Gasteiger partial charge in [-0.2, -0.15) is 13.2 Å². The van der Waals surface area contributed by atoms with Crippen LogP contribution in [0.15, 0.2) is 59.1 Å². The lowest BCUT2D eigenvalue weighted by atomic mass is 10.1. The number of carbonyl (C=O) groups excluding carboxylic acids is 1. The van der Waals surface area contributed by atoms with Gasteiger partial charge in [-0.15, -0.1) is 0 Å². The van der Waals surface area contributed by atoms with Crippen LogP contribution in [0.25, 0.3) is 11.3 Å². The van der Waals surface area contributed by atoms with E-state index in [0.717, 1.165) is 17.7 Å². The number of carbonyl (C=O) groups is 1. The lowest BCUT2D eigenvalue weighted by Gasteiger charge is -2.08. The first-order valence-electron chi connectivity index (χ1n) is 7.92. The molecule has 1 N–H and O–H groups in total. The van der Waals surface area contributed by atoms with Crippen LogP contribution in [0.5, 0.6) is 5.75 Å². The third-order valence-corrected chi connectivity index (χ3v) is 3.75. The molecule has 0 aliphatic rings. The van der Waals surface area contributed by atoms with Crippen LogP contribution in [0.1, 0.15) is 11.3 Å². The molecular weight excluding hydrogens is 361 g/mol. The summed E-state index contributed by atoms with van der Waals surface area (Å²) in [6.07, 6.45) is -4.49. The molecule has 0 radical (unpaired) electrons. The van der Waals surface area contributed by atoms with E-state index < -0.39 is 17.6 Å². The van der Waals surface area contributed by atoms with Gasteiger partial charge in [-0.05, 0) is 36.4 Å². The average molecular weight is 376 g/mol. The molecule has 2 aromatic carbocycles. The minimum absolute atomic E-state index is 0.0749. The normalized spacial score (nSPS) is 11.3. The number of amides is 1. The molecule has 3 rings (SSSR count). The summed E-state index contributed by atoms with van der Waals surface area (Å²) < 4.78 is 48.0. The molecule has 1 amide bonds. The Morgan fingerprint density at radius 1 is 1.15 bits per heavy atom. The van der Waals surface area contributed by atoms with E-state index in [2.05, 4.69) is 10.5 Å². The van der Waals surface area contributed by atoms with Crippen molar-refractivity contribution in [3.8, 4) is 17.1 Å². The molecule has 0 aliphatic heterocycles. The Morgan fingerprint density at radius 3 is 2.56 bits per heavy atom. The molecule has 1 aromatic heterocycles. The number of methoxy groups -OCH3 is 1. The lowest BCUT2D eigenvalue weighted by molar-refractivity contribution is -0.137. The molecule has 0 spiro atoms. The maximum Gasteiger partial charge on any atom is 0.416 e. The van der Waals surface area contributed by atoms with Crippen LogP contribution in [0.2, 0.25) is 0 Å². The zero-order valence-electron chi connectivity index (χ0n) is 14.2. The van der Waals surface area contributed by atoms with Crippen molar-refractivity contribution in [2.75, 3.05) is 12.4 Å². The van der Waals surface area contributed by atoms with E-state index in [1.165, 1.54) is 12.1 Å². The maximum absolute atomic E-state index is 12.5. The van der Waals surface area contributed by atoms with Gasteiger partial charge in [-0.1, -0.05) is 17.3 Å². The number of hydrogen-bond donors (Lipinski definition) is 1. The predicted molar refractivity (Wildman–Crippen MR) is 92.3 cm³/mol. The van der Waals surface area contributed by atoms with Gasteiger partial charge in [-0.25, -0.2) is 0 Å². The zero-order chi connectivity index (χ0) is 19.4.